The summed E-state index contributed by atoms with van der Waals surface area (Å²) in [6.07, 6.45) is 1.24. The van der Waals surface area contributed by atoms with Gasteiger partial charge in [0.2, 0.25) is 0 Å². The molecule has 0 spiro atoms. The van der Waals surface area contributed by atoms with Crippen LogP contribution in [-0.4, -0.2) is 27.5 Å². The summed E-state index contributed by atoms with van der Waals surface area (Å²) >= 11 is 0. The highest BCUT2D eigenvalue weighted by molar-refractivity contribution is 5.77. The second kappa shape index (κ2) is 6.51. The molecule has 1 aliphatic heterocycles. The van der Waals surface area contributed by atoms with Gasteiger partial charge in [-0.15, -0.1) is 0 Å². The van der Waals surface area contributed by atoms with Crippen LogP contribution in [0.5, 0.6) is 0 Å². The first kappa shape index (κ1) is 15.7. The van der Waals surface area contributed by atoms with Gasteiger partial charge in [-0.3, -0.25) is 14.3 Å². The molecule has 0 aliphatic carbocycles. The zero-order valence-corrected chi connectivity index (χ0v) is 13.7. The largest absolute Gasteiger partial charge is 0.295 e. The summed E-state index contributed by atoms with van der Waals surface area (Å²) in [7, 11) is 0. The highest BCUT2D eigenvalue weighted by Gasteiger charge is 2.23. The lowest BCUT2D eigenvalue weighted by atomic mass is 9.92. The maximum atomic E-state index is 12.7. The van der Waals surface area contributed by atoms with Gasteiger partial charge in [-0.25, -0.2) is 4.98 Å². The van der Waals surface area contributed by atoms with E-state index in [4.69, 9.17) is 5.26 Å². The minimum absolute atomic E-state index is 0.0466. The first-order valence-corrected chi connectivity index (χ1v) is 8.16. The van der Waals surface area contributed by atoms with E-state index in [-0.39, 0.29) is 12.1 Å². The molecule has 2 heterocycles. The lowest BCUT2D eigenvalue weighted by Crippen LogP contribution is -2.40. The Morgan fingerprint density at radius 2 is 1.96 bits per heavy atom. The van der Waals surface area contributed by atoms with Gasteiger partial charge in [0.15, 0.2) is 0 Å². The number of aromatic nitrogens is 2. The van der Waals surface area contributed by atoms with Crippen molar-refractivity contribution in [3.63, 3.8) is 0 Å². The maximum Gasteiger partial charge on any atom is 0.262 e. The minimum Gasteiger partial charge on any atom is -0.295 e. The molecule has 0 radical (unpaired) electrons. The molecule has 3 rings (SSSR count). The van der Waals surface area contributed by atoms with Crippen molar-refractivity contribution in [2.24, 2.45) is 11.8 Å². The molecule has 5 nitrogen and oxygen atoms in total. The number of para-hydroxylation sites is 1. The molecule has 2 aromatic rings. The Bertz CT molecular complexity index is 795. The highest BCUT2D eigenvalue weighted by Crippen LogP contribution is 2.22. The third kappa shape index (κ3) is 3.27. The number of likely N-dealkylation sites (tertiary alicyclic amines) is 1. The molecule has 1 aliphatic rings. The molecule has 2 atom stereocenters. The Balaban J connectivity index is 2.00. The quantitative estimate of drug-likeness (QED) is 0.873. The molecule has 0 N–H and O–H groups in total. The molecule has 5 heteroatoms. The summed E-state index contributed by atoms with van der Waals surface area (Å²) in [5.41, 5.74) is 0.588. The Morgan fingerprint density at radius 3 is 2.65 bits per heavy atom. The normalized spacial score (nSPS) is 22.1. The number of hydrogen-bond acceptors (Lipinski definition) is 4. The molecule has 0 bridgehead atoms. The fourth-order valence-electron chi connectivity index (χ4n) is 3.69. The van der Waals surface area contributed by atoms with Crippen LogP contribution in [0.1, 0.15) is 26.1 Å². The molecule has 1 aromatic heterocycles. The molecule has 0 amide bonds. The van der Waals surface area contributed by atoms with Crippen molar-refractivity contribution in [2.45, 2.75) is 33.4 Å². The van der Waals surface area contributed by atoms with Crippen molar-refractivity contribution in [1.82, 2.24) is 14.5 Å². The average molecular weight is 310 g/mol. The van der Waals surface area contributed by atoms with Crippen LogP contribution in [-0.2, 0) is 13.1 Å². The van der Waals surface area contributed by atoms with Gasteiger partial charge in [0.05, 0.1) is 23.5 Å². The molecule has 23 heavy (non-hydrogen) atoms. The van der Waals surface area contributed by atoms with Gasteiger partial charge in [-0.1, -0.05) is 26.0 Å². The van der Waals surface area contributed by atoms with Gasteiger partial charge < -0.3 is 0 Å². The molecular formula is C18H22N4O. The number of hydrogen-bond donors (Lipinski definition) is 0. The molecule has 0 unspecified atom stereocenters. The fourth-order valence-corrected chi connectivity index (χ4v) is 3.69. The van der Waals surface area contributed by atoms with Crippen LogP contribution in [0.4, 0.5) is 0 Å². The lowest BCUT2D eigenvalue weighted by Gasteiger charge is -2.34. The standard InChI is InChI=1S/C18H22N4O/c1-13-9-14(2)11-21(10-13)12-17-20-16-6-4-3-5-15(16)18(23)22(17)8-7-19/h3-6,13-14H,8-12H2,1-2H3/t13-,14-/m0/s1. The van der Waals surface area contributed by atoms with Gasteiger partial charge >= 0.3 is 0 Å². The third-order valence-electron chi connectivity index (χ3n) is 4.48. The van der Waals surface area contributed by atoms with Gasteiger partial charge in [0, 0.05) is 13.1 Å². The van der Waals surface area contributed by atoms with Crippen molar-refractivity contribution in [2.75, 3.05) is 13.1 Å². The Hall–Kier alpha value is -2.19. The summed E-state index contributed by atoms with van der Waals surface area (Å²) in [6.45, 7) is 7.22. The van der Waals surface area contributed by atoms with E-state index < -0.39 is 0 Å². The average Bonchev–Trinajstić information content (AvgIpc) is 2.50. The predicted octanol–water partition coefficient (Wildman–Crippen LogP) is 2.40. The van der Waals surface area contributed by atoms with E-state index in [0.29, 0.717) is 35.1 Å². The Kier molecular flexibility index (Phi) is 4.44. The second-order valence-electron chi connectivity index (χ2n) is 6.73. The topological polar surface area (TPSA) is 61.9 Å². The van der Waals surface area contributed by atoms with Crippen LogP contribution in [0, 0.1) is 23.2 Å². The van der Waals surface area contributed by atoms with Gasteiger partial charge in [0.25, 0.3) is 5.56 Å². The second-order valence-corrected chi connectivity index (χ2v) is 6.73. The van der Waals surface area contributed by atoms with Crippen molar-refractivity contribution in [3.8, 4) is 6.07 Å². The SMILES string of the molecule is C[C@H]1C[C@H](C)CN(Cc2nc3ccccc3c(=O)n2CC#N)C1. The molecule has 0 saturated carbocycles. The lowest BCUT2D eigenvalue weighted by molar-refractivity contribution is 0.130. The van der Waals surface area contributed by atoms with Crippen LogP contribution in [0.15, 0.2) is 29.1 Å². The van der Waals surface area contributed by atoms with Crippen molar-refractivity contribution in [3.05, 3.63) is 40.4 Å². The Morgan fingerprint density at radius 1 is 1.26 bits per heavy atom. The first-order chi connectivity index (χ1) is 11.1. The van der Waals surface area contributed by atoms with Crippen LogP contribution in [0.2, 0.25) is 0 Å². The molecular weight excluding hydrogens is 288 g/mol. The first-order valence-electron chi connectivity index (χ1n) is 8.16. The van der Waals surface area contributed by atoms with E-state index in [1.54, 1.807) is 6.07 Å². The van der Waals surface area contributed by atoms with Gasteiger partial charge in [0.1, 0.15) is 12.4 Å². The number of fused-ring (bicyclic) bond motifs is 1. The zero-order valence-electron chi connectivity index (χ0n) is 13.7. The summed E-state index contributed by atoms with van der Waals surface area (Å²) in [6, 6.07) is 9.44. The monoisotopic (exact) mass is 310 g/mol. The smallest absolute Gasteiger partial charge is 0.262 e. The van der Waals surface area contributed by atoms with Crippen LogP contribution < -0.4 is 5.56 Å². The maximum absolute atomic E-state index is 12.7. The molecule has 1 fully saturated rings. The molecule has 1 aromatic carbocycles. The Labute approximate surface area is 136 Å². The summed E-state index contributed by atoms with van der Waals surface area (Å²) in [5.74, 6) is 1.99. The minimum atomic E-state index is -0.120. The van der Waals surface area contributed by atoms with Crippen LogP contribution in [0.3, 0.4) is 0 Å². The van der Waals surface area contributed by atoms with Crippen LogP contribution >= 0.6 is 0 Å². The number of rotatable bonds is 3. The van der Waals surface area contributed by atoms with E-state index in [9.17, 15) is 4.79 Å². The number of nitriles is 1. The van der Waals surface area contributed by atoms with E-state index in [2.05, 4.69) is 29.8 Å². The summed E-state index contributed by atoms with van der Waals surface area (Å²) in [5, 5.41) is 9.66. The van der Waals surface area contributed by atoms with Crippen LogP contribution in [0.25, 0.3) is 10.9 Å². The summed E-state index contributed by atoms with van der Waals surface area (Å²) < 4.78 is 1.52. The van der Waals surface area contributed by atoms with E-state index in [1.165, 1.54) is 11.0 Å². The highest BCUT2D eigenvalue weighted by atomic mass is 16.1. The predicted molar refractivity (Wildman–Crippen MR) is 89.8 cm³/mol. The molecule has 120 valence electrons. The number of piperidine rings is 1. The van der Waals surface area contributed by atoms with Crippen molar-refractivity contribution in [1.29, 1.82) is 5.26 Å². The van der Waals surface area contributed by atoms with E-state index in [1.807, 2.05) is 18.2 Å². The number of benzene rings is 1. The van der Waals surface area contributed by atoms with E-state index in [0.717, 1.165) is 13.1 Å². The van der Waals surface area contributed by atoms with Gasteiger partial charge in [-0.2, -0.15) is 5.26 Å². The van der Waals surface area contributed by atoms with E-state index >= 15 is 0 Å². The zero-order chi connectivity index (χ0) is 16.4. The van der Waals surface area contributed by atoms with Gasteiger partial charge in [-0.05, 0) is 30.4 Å². The fraction of sp³-hybridized carbons (Fsp3) is 0.500. The van der Waals surface area contributed by atoms with Crippen molar-refractivity contribution < 1.29 is 0 Å². The third-order valence-corrected chi connectivity index (χ3v) is 4.48. The molecule has 1 saturated heterocycles. The summed E-state index contributed by atoms with van der Waals surface area (Å²) in [4.78, 5) is 19.7. The number of nitrogens with zero attached hydrogens (tertiary/aromatic N) is 4. The van der Waals surface area contributed by atoms with Crippen molar-refractivity contribution >= 4 is 10.9 Å².